The van der Waals surface area contributed by atoms with Crippen LogP contribution in [0.1, 0.15) is 26.0 Å². The van der Waals surface area contributed by atoms with Gasteiger partial charge in [0.2, 0.25) is 0 Å². The van der Waals surface area contributed by atoms with Crippen LogP contribution in [-0.2, 0) is 0 Å². The first kappa shape index (κ1) is 13.1. The van der Waals surface area contributed by atoms with Gasteiger partial charge >= 0.3 is 0 Å². The number of aryl methyl sites for hydroxylation is 1. The Morgan fingerprint density at radius 2 is 1.83 bits per heavy atom. The molecule has 0 radical (unpaired) electrons. The second-order valence-electron chi connectivity index (χ2n) is 4.74. The fourth-order valence-electron chi connectivity index (χ4n) is 2.12. The van der Waals surface area contributed by atoms with Crippen molar-refractivity contribution in [1.82, 2.24) is 10.2 Å². The number of rotatable bonds is 4. The van der Waals surface area contributed by atoms with E-state index >= 15 is 0 Å². The van der Waals surface area contributed by atoms with Gasteiger partial charge in [0.25, 0.3) is 0 Å². The Labute approximate surface area is 113 Å². The van der Waals surface area contributed by atoms with Crippen LogP contribution >= 0.6 is 11.6 Å². The van der Waals surface area contributed by atoms with Crippen LogP contribution in [0.5, 0.6) is 0 Å². The highest BCUT2D eigenvalue weighted by Crippen LogP contribution is 2.23. The fourth-order valence-corrected chi connectivity index (χ4v) is 2.39. The molecule has 2 atom stereocenters. The number of nitrogens with one attached hydrogen (secondary N) is 1. The van der Waals surface area contributed by atoms with Crippen molar-refractivity contribution in [2.75, 3.05) is 5.32 Å². The lowest BCUT2D eigenvalue weighted by molar-refractivity contribution is 0.692. The van der Waals surface area contributed by atoms with E-state index in [2.05, 4.69) is 34.6 Å². The monoisotopic (exact) mass is 263 g/mol. The zero-order valence-corrected chi connectivity index (χ0v) is 11.7. The number of fused-ring (bicyclic) bond motifs is 1. The predicted molar refractivity (Wildman–Crippen MR) is 77.3 cm³/mol. The topological polar surface area (TPSA) is 37.8 Å². The molecule has 18 heavy (non-hydrogen) atoms. The van der Waals surface area contributed by atoms with E-state index in [1.807, 2.05) is 26.0 Å². The van der Waals surface area contributed by atoms with Crippen LogP contribution in [0.3, 0.4) is 0 Å². The quantitative estimate of drug-likeness (QED) is 0.854. The first-order valence-electron chi connectivity index (χ1n) is 6.20. The van der Waals surface area contributed by atoms with E-state index in [0.717, 1.165) is 28.7 Å². The van der Waals surface area contributed by atoms with Crippen LogP contribution in [0.4, 0.5) is 5.82 Å². The van der Waals surface area contributed by atoms with Crippen LogP contribution in [0.15, 0.2) is 24.3 Å². The second-order valence-corrected chi connectivity index (χ2v) is 5.49. The van der Waals surface area contributed by atoms with Gasteiger partial charge in [-0.1, -0.05) is 24.3 Å². The highest BCUT2D eigenvalue weighted by Gasteiger charge is 2.10. The summed E-state index contributed by atoms with van der Waals surface area (Å²) < 4.78 is 0. The predicted octanol–water partition coefficient (Wildman–Crippen LogP) is 3.76. The fraction of sp³-hybridized carbons (Fsp3) is 0.429. The number of hydrogen-bond donors (Lipinski definition) is 1. The first-order chi connectivity index (χ1) is 8.58. The SMILES string of the molecule is Cc1nnc(NC(C)CC(C)Cl)c2ccccc12. The van der Waals surface area contributed by atoms with Crippen molar-refractivity contribution >= 4 is 28.2 Å². The minimum atomic E-state index is 0.150. The summed E-state index contributed by atoms with van der Waals surface area (Å²) in [6.07, 6.45) is 0.894. The van der Waals surface area contributed by atoms with Crippen LogP contribution in [-0.4, -0.2) is 21.6 Å². The molecule has 4 heteroatoms. The Morgan fingerprint density at radius 1 is 1.17 bits per heavy atom. The van der Waals surface area contributed by atoms with Crippen molar-refractivity contribution in [3.05, 3.63) is 30.0 Å². The molecule has 0 fully saturated rings. The minimum absolute atomic E-state index is 0.150. The molecule has 2 aromatic rings. The molecule has 0 aliphatic rings. The Morgan fingerprint density at radius 3 is 2.50 bits per heavy atom. The summed E-state index contributed by atoms with van der Waals surface area (Å²) in [6, 6.07) is 8.45. The van der Waals surface area contributed by atoms with E-state index in [0.29, 0.717) is 0 Å². The molecule has 96 valence electrons. The molecular weight excluding hydrogens is 246 g/mol. The van der Waals surface area contributed by atoms with Crippen molar-refractivity contribution in [3.63, 3.8) is 0 Å². The van der Waals surface area contributed by atoms with Gasteiger partial charge in [0.15, 0.2) is 5.82 Å². The van der Waals surface area contributed by atoms with E-state index in [1.54, 1.807) is 0 Å². The molecule has 0 amide bonds. The molecule has 2 unspecified atom stereocenters. The van der Waals surface area contributed by atoms with Gasteiger partial charge < -0.3 is 5.32 Å². The van der Waals surface area contributed by atoms with Gasteiger partial charge in [0, 0.05) is 22.2 Å². The number of halogens is 1. The normalized spacial score (nSPS) is 14.4. The standard InChI is InChI=1S/C14H18ClN3/c1-9(15)8-10(2)16-14-13-7-5-4-6-12(13)11(3)17-18-14/h4-7,9-10H,8H2,1-3H3,(H,16,18). The lowest BCUT2D eigenvalue weighted by atomic mass is 10.1. The van der Waals surface area contributed by atoms with Crippen molar-refractivity contribution in [3.8, 4) is 0 Å². The average molecular weight is 264 g/mol. The van der Waals surface area contributed by atoms with E-state index < -0.39 is 0 Å². The largest absolute Gasteiger partial charge is 0.366 e. The summed E-state index contributed by atoms with van der Waals surface area (Å²) in [5, 5.41) is 14.2. The van der Waals surface area contributed by atoms with Crippen LogP contribution in [0.25, 0.3) is 10.8 Å². The van der Waals surface area contributed by atoms with Gasteiger partial charge in [0.1, 0.15) is 0 Å². The number of alkyl halides is 1. The Balaban J connectivity index is 2.31. The first-order valence-corrected chi connectivity index (χ1v) is 6.64. The van der Waals surface area contributed by atoms with Crippen LogP contribution in [0, 0.1) is 6.92 Å². The summed E-state index contributed by atoms with van der Waals surface area (Å²) >= 11 is 6.01. The molecule has 1 N–H and O–H groups in total. The Kier molecular flexibility index (Phi) is 4.02. The zero-order valence-electron chi connectivity index (χ0n) is 10.9. The molecule has 0 aliphatic heterocycles. The smallest absolute Gasteiger partial charge is 0.156 e. The molecule has 3 nitrogen and oxygen atoms in total. The average Bonchev–Trinajstić information content (AvgIpc) is 2.32. The summed E-state index contributed by atoms with van der Waals surface area (Å²) in [6.45, 7) is 6.08. The highest BCUT2D eigenvalue weighted by molar-refractivity contribution is 6.20. The second kappa shape index (κ2) is 5.53. The van der Waals surface area contributed by atoms with E-state index in [9.17, 15) is 0 Å². The molecule has 1 aromatic heterocycles. The third-order valence-corrected chi connectivity index (χ3v) is 3.11. The molecule has 0 aliphatic carbocycles. The molecule has 1 aromatic carbocycles. The number of nitrogens with zero attached hydrogens (tertiary/aromatic N) is 2. The van der Waals surface area contributed by atoms with Gasteiger partial charge in [-0.15, -0.1) is 16.7 Å². The van der Waals surface area contributed by atoms with E-state index in [4.69, 9.17) is 11.6 Å². The number of benzene rings is 1. The highest BCUT2D eigenvalue weighted by atomic mass is 35.5. The van der Waals surface area contributed by atoms with Crippen molar-refractivity contribution in [2.45, 2.75) is 38.6 Å². The molecule has 2 rings (SSSR count). The third-order valence-electron chi connectivity index (χ3n) is 2.93. The third kappa shape index (κ3) is 2.91. The summed E-state index contributed by atoms with van der Waals surface area (Å²) in [5.41, 5.74) is 0.953. The summed E-state index contributed by atoms with van der Waals surface area (Å²) in [5.74, 6) is 0.834. The number of aromatic nitrogens is 2. The molecule has 0 bridgehead atoms. The van der Waals surface area contributed by atoms with Crippen LogP contribution in [0.2, 0.25) is 0 Å². The maximum Gasteiger partial charge on any atom is 0.156 e. The van der Waals surface area contributed by atoms with Crippen LogP contribution < -0.4 is 5.32 Å². The van der Waals surface area contributed by atoms with E-state index in [1.165, 1.54) is 0 Å². The maximum absolute atomic E-state index is 6.01. The Hall–Kier alpha value is -1.35. The summed E-state index contributed by atoms with van der Waals surface area (Å²) in [4.78, 5) is 0. The van der Waals surface area contributed by atoms with Gasteiger partial charge in [-0.05, 0) is 27.2 Å². The molecular formula is C14H18ClN3. The molecule has 0 saturated carbocycles. The molecule has 0 spiro atoms. The van der Waals surface area contributed by atoms with Gasteiger partial charge in [-0.2, -0.15) is 5.10 Å². The molecule has 0 saturated heterocycles. The zero-order chi connectivity index (χ0) is 13.1. The maximum atomic E-state index is 6.01. The van der Waals surface area contributed by atoms with Gasteiger partial charge in [-0.3, -0.25) is 0 Å². The number of hydrogen-bond acceptors (Lipinski definition) is 3. The number of anilines is 1. The van der Waals surface area contributed by atoms with Gasteiger partial charge in [-0.25, -0.2) is 0 Å². The summed E-state index contributed by atoms with van der Waals surface area (Å²) in [7, 11) is 0. The van der Waals surface area contributed by atoms with Crippen molar-refractivity contribution in [1.29, 1.82) is 0 Å². The van der Waals surface area contributed by atoms with Crippen molar-refractivity contribution in [2.24, 2.45) is 0 Å². The molecule has 1 heterocycles. The Bertz CT molecular complexity index is 540. The van der Waals surface area contributed by atoms with Gasteiger partial charge in [0.05, 0.1) is 5.69 Å². The lowest BCUT2D eigenvalue weighted by Crippen LogP contribution is -2.19. The minimum Gasteiger partial charge on any atom is -0.366 e. The lowest BCUT2D eigenvalue weighted by Gasteiger charge is -2.16. The van der Waals surface area contributed by atoms with Crippen molar-refractivity contribution < 1.29 is 0 Å². The van der Waals surface area contributed by atoms with E-state index in [-0.39, 0.29) is 11.4 Å².